The molecule has 0 aliphatic carbocycles. The minimum Gasteiger partial charge on any atom is -0.390 e. The zero-order valence-corrected chi connectivity index (χ0v) is 17.3. The molecule has 3 rings (SSSR count). The van der Waals surface area contributed by atoms with Crippen LogP contribution >= 0.6 is 10.5 Å². The average molecular weight is 450 g/mol. The molecule has 0 saturated carbocycles. The van der Waals surface area contributed by atoms with E-state index >= 15 is 0 Å². The maximum Gasteiger partial charge on any atom is 0.390 e. The fraction of sp³-hybridized carbons (Fsp3) is 0.611. The van der Waals surface area contributed by atoms with Gasteiger partial charge in [0.1, 0.15) is 11.8 Å². The zero-order chi connectivity index (χ0) is 22.4. The highest BCUT2D eigenvalue weighted by Gasteiger charge is 2.36. The van der Waals surface area contributed by atoms with Crippen LogP contribution in [0, 0.1) is 0 Å². The van der Waals surface area contributed by atoms with E-state index < -0.39 is 59.0 Å². The molecule has 2 N–H and O–H groups in total. The number of rotatable bonds is 4. The number of aliphatic hydroxyl groups is 2. The van der Waals surface area contributed by atoms with Crippen LogP contribution in [0.2, 0.25) is 0 Å². The van der Waals surface area contributed by atoms with Crippen molar-refractivity contribution in [3.05, 3.63) is 31.8 Å². The first-order chi connectivity index (χ1) is 14.0. The van der Waals surface area contributed by atoms with Crippen molar-refractivity contribution in [1.82, 2.24) is 14.0 Å². The van der Waals surface area contributed by atoms with E-state index in [1.165, 1.54) is 11.0 Å². The maximum absolute atomic E-state index is 13.0. The van der Waals surface area contributed by atoms with Crippen LogP contribution in [0.4, 0.5) is 13.2 Å². The number of carbonyl (C=O) groups is 1. The van der Waals surface area contributed by atoms with Crippen LogP contribution in [0.25, 0.3) is 10.2 Å². The van der Waals surface area contributed by atoms with Gasteiger partial charge in [-0.15, -0.1) is 0 Å². The minimum atomic E-state index is -4.49. The van der Waals surface area contributed by atoms with E-state index in [1.807, 2.05) is 0 Å². The fourth-order valence-corrected chi connectivity index (χ4v) is 5.38. The van der Waals surface area contributed by atoms with Gasteiger partial charge in [-0.25, -0.2) is 4.79 Å². The van der Waals surface area contributed by atoms with E-state index in [4.69, 9.17) is 0 Å². The van der Waals surface area contributed by atoms with Gasteiger partial charge in [-0.2, -0.15) is 13.2 Å². The summed E-state index contributed by atoms with van der Waals surface area (Å²) in [7, 11) is -1.05. The Bertz CT molecular complexity index is 1090. The van der Waals surface area contributed by atoms with Crippen molar-refractivity contribution >= 4 is 26.6 Å². The molecule has 1 aliphatic rings. The Morgan fingerprint density at radius 2 is 1.90 bits per heavy atom. The number of β-amino-alcohol motifs (C(OH)–C–C–N with tert-alkyl or cyclic N) is 1. The van der Waals surface area contributed by atoms with Gasteiger partial charge in [0.05, 0.1) is 18.6 Å². The summed E-state index contributed by atoms with van der Waals surface area (Å²) in [5, 5.41) is 19.5. The van der Waals surface area contributed by atoms with Gasteiger partial charge >= 0.3 is 23.3 Å². The molecule has 2 aromatic heterocycles. The van der Waals surface area contributed by atoms with Gasteiger partial charge in [-0.05, 0) is 13.3 Å². The van der Waals surface area contributed by atoms with Crippen molar-refractivity contribution in [3.8, 4) is 0 Å². The van der Waals surface area contributed by atoms with Crippen LogP contribution in [0.1, 0.15) is 29.4 Å². The first-order valence-corrected chi connectivity index (χ1v) is 11.1. The number of hydrogen-bond donors (Lipinski definition) is 2. The van der Waals surface area contributed by atoms with Crippen molar-refractivity contribution in [2.45, 2.75) is 51.2 Å². The zero-order valence-electron chi connectivity index (χ0n) is 16.5. The molecule has 1 aliphatic heterocycles. The fourth-order valence-electron chi connectivity index (χ4n) is 3.63. The third-order valence-electron chi connectivity index (χ3n) is 5.31. The van der Waals surface area contributed by atoms with Gasteiger partial charge < -0.3 is 15.1 Å². The number of hydrogen-bond acceptors (Lipinski definition) is 5. The summed E-state index contributed by atoms with van der Waals surface area (Å²) in [5.74, 6) is -0.472. The Balaban J connectivity index is 2.13. The minimum absolute atomic E-state index is 0.00630. The molecule has 3 atom stereocenters. The third-order valence-corrected chi connectivity index (χ3v) is 7.26. The monoisotopic (exact) mass is 450 g/mol. The number of fused-ring (bicyclic) bond motifs is 1. The number of aliphatic hydroxyl groups excluding tert-OH is 2. The lowest BCUT2D eigenvalue weighted by Crippen LogP contribution is -2.48. The number of aromatic nitrogens is 2. The van der Waals surface area contributed by atoms with E-state index in [0.29, 0.717) is 0 Å². The molecule has 8 nitrogen and oxygen atoms in total. The predicted molar refractivity (Wildman–Crippen MR) is 105 cm³/mol. The smallest absolute Gasteiger partial charge is 0.390 e. The van der Waals surface area contributed by atoms with Crippen LogP contribution in [0.5, 0.6) is 0 Å². The summed E-state index contributed by atoms with van der Waals surface area (Å²) in [6, 6.07) is 1.32. The number of halogens is 3. The summed E-state index contributed by atoms with van der Waals surface area (Å²) < 4.78 is 40.3. The second-order valence-corrected chi connectivity index (χ2v) is 9.13. The lowest BCUT2D eigenvalue weighted by Gasteiger charge is -2.32. The van der Waals surface area contributed by atoms with Crippen molar-refractivity contribution in [3.63, 3.8) is 0 Å². The highest BCUT2D eigenvalue weighted by atomic mass is 32.2. The standard InChI is InChI=1S/C18H23F3N3O5S/c1-3-23-16(28)14-10(24(17(23)29)7-5-18(19,20)21)8-13(30(14)2)15(27)22-6-4-11(25)12(26)9-22/h8,11-12,25-26H,3-7,9H2,1-2H3/q+1. The molecule has 1 fully saturated rings. The second-order valence-electron chi connectivity index (χ2n) is 7.26. The van der Waals surface area contributed by atoms with E-state index in [-0.39, 0.29) is 41.1 Å². The SMILES string of the molecule is CCn1c(=O)c2c(cc(C(=O)N3CCC(O)C(O)C3)[s+]2C)n(CCC(F)(F)F)c1=O. The Hall–Kier alpha value is -2.18. The number of thiophene rings is 1. The summed E-state index contributed by atoms with van der Waals surface area (Å²) in [6.45, 7) is 0.987. The number of piperidine rings is 1. The lowest BCUT2D eigenvalue weighted by atomic mass is 10.1. The quantitative estimate of drug-likeness (QED) is 0.676. The van der Waals surface area contributed by atoms with E-state index in [0.717, 1.165) is 9.13 Å². The lowest BCUT2D eigenvalue weighted by molar-refractivity contribution is -0.136. The molecule has 0 spiro atoms. The molecular weight excluding hydrogens is 427 g/mol. The highest BCUT2D eigenvalue weighted by Crippen LogP contribution is 2.33. The highest BCUT2D eigenvalue weighted by molar-refractivity contribution is 7.37. The predicted octanol–water partition coefficient (Wildman–Crippen LogP) is 0.989. The number of alkyl halides is 3. The summed E-state index contributed by atoms with van der Waals surface area (Å²) in [6.07, 6.45) is -5.97. The molecule has 1 amide bonds. The molecule has 0 aromatic carbocycles. The molecule has 30 heavy (non-hydrogen) atoms. The molecule has 3 unspecified atom stereocenters. The number of nitrogens with zero attached hydrogens (tertiary/aromatic N) is 3. The van der Waals surface area contributed by atoms with Crippen molar-refractivity contribution in [2.75, 3.05) is 13.1 Å². The summed E-state index contributed by atoms with van der Waals surface area (Å²) in [4.78, 5) is 40.0. The largest absolute Gasteiger partial charge is 0.390 e. The maximum atomic E-state index is 13.0. The second kappa shape index (κ2) is 8.16. The van der Waals surface area contributed by atoms with E-state index in [1.54, 1.807) is 13.2 Å². The normalized spacial score (nSPS) is 20.8. The van der Waals surface area contributed by atoms with E-state index in [9.17, 15) is 37.8 Å². The Morgan fingerprint density at radius 1 is 1.23 bits per heavy atom. The van der Waals surface area contributed by atoms with Gasteiger partial charge in [-0.1, -0.05) is 0 Å². The molecule has 12 heteroatoms. The number of amides is 1. The molecule has 166 valence electrons. The molecule has 1 saturated heterocycles. The topological polar surface area (TPSA) is 105 Å². The third kappa shape index (κ3) is 4.03. The first-order valence-electron chi connectivity index (χ1n) is 9.43. The van der Waals surface area contributed by atoms with Gasteiger partial charge in [0, 0.05) is 42.7 Å². The molecular formula is C18H23F3N3O5S+. The van der Waals surface area contributed by atoms with Crippen LogP contribution in [0.15, 0.2) is 15.7 Å². The Morgan fingerprint density at radius 3 is 2.47 bits per heavy atom. The van der Waals surface area contributed by atoms with Gasteiger partial charge in [0.2, 0.25) is 4.88 Å². The Kier molecular flexibility index (Phi) is 6.12. The van der Waals surface area contributed by atoms with Crippen LogP contribution < -0.4 is 11.2 Å². The van der Waals surface area contributed by atoms with Crippen LogP contribution in [0.3, 0.4) is 0 Å². The molecule has 2 aromatic rings. The number of carbonyl (C=O) groups excluding carboxylic acids is 1. The molecule has 0 radical (unpaired) electrons. The average Bonchev–Trinajstić information content (AvgIpc) is 3.00. The first kappa shape index (κ1) is 22.5. The van der Waals surface area contributed by atoms with Crippen molar-refractivity contribution < 1.29 is 28.2 Å². The van der Waals surface area contributed by atoms with Gasteiger partial charge in [0.15, 0.2) is 0 Å². The molecule has 0 bridgehead atoms. The summed E-state index contributed by atoms with van der Waals surface area (Å²) in [5.41, 5.74) is -1.42. The molecule has 3 heterocycles. The van der Waals surface area contributed by atoms with E-state index in [2.05, 4.69) is 0 Å². The van der Waals surface area contributed by atoms with Crippen LogP contribution in [-0.2, 0) is 19.3 Å². The van der Waals surface area contributed by atoms with Gasteiger partial charge in [0.25, 0.3) is 4.70 Å². The number of likely N-dealkylation sites (tertiary alicyclic amines) is 1. The van der Waals surface area contributed by atoms with Crippen molar-refractivity contribution in [1.29, 1.82) is 0 Å². The van der Waals surface area contributed by atoms with Crippen LogP contribution in [-0.4, -0.2) is 61.6 Å². The summed E-state index contributed by atoms with van der Waals surface area (Å²) >= 11 is 0. The number of aryl methyl sites for hydroxylation is 2. The van der Waals surface area contributed by atoms with Crippen molar-refractivity contribution in [2.24, 2.45) is 6.26 Å². The van der Waals surface area contributed by atoms with Gasteiger partial charge in [-0.3, -0.25) is 18.7 Å². The Labute approximate surface area is 171 Å².